The van der Waals surface area contributed by atoms with E-state index in [4.69, 9.17) is 4.74 Å². The lowest BCUT2D eigenvalue weighted by Gasteiger charge is -2.22. The Balaban J connectivity index is 1.76. The minimum atomic E-state index is -0.0416. The highest BCUT2D eigenvalue weighted by atomic mass is 16.5. The molecule has 1 aliphatic rings. The van der Waals surface area contributed by atoms with Crippen LogP contribution in [0.4, 0.5) is 11.5 Å². The van der Waals surface area contributed by atoms with E-state index in [-0.39, 0.29) is 12.0 Å². The normalized spacial score (nSPS) is 15.7. The Hall–Kier alpha value is -1.66. The molecule has 1 aromatic heterocycles. The number of amides is 1. The Morgan fingerprint density at radius 2 is 2.24 bits per heavy atom. The maximum Gasteiger partial charge on any atom is 0.226 e. The Kier molecular flexibility index (Phi) is 5.95. The predicted octanol–water partition coefficient (Wildman–Crippen LogP) is 1.24. The van der Waals surface area contributed by atoms with Crippen LogP contribution in [0.5, 0.6) is 0 Å². The highest BCUT2D eigenvalue weighted by molar-refractivity contribution is 5.93. The molecule has 116 valence electrons. The molecule has 6 heteroatoms. The third kappa shape index (κ3) is 4.99. The summed E-state index contributed by atoms with van der Waals surface area (Å²) in [5, 5.41) is 6.19. The first-order valence-electron chi connectivity index (χ1n) is 7.41. The second-order valence-corrected chi connectivity index (χ2v) is 5.39. The van der Waals surface area contributed by atoms with E-state index in [0.717, 1.165) is 37.4 Å². The molecule has 0 bridgehead atoms. The van der Waals surface area contributed by atoms with Crippen LogP contribution in [-0.4, -0.2) is 50.8 Å². The molecule has 0 spiro atoms. The zero-order valence-electron chi connectivity index (χ0n) is 12.8. The molecule has 2 heterocycles. The van der Waals surface area contributed by atoms with E-state index < -0.39 is 0 Å². The molecule has 0 aromatic carbocycles. The summed E-state index contributed by atoms with van der Waals surface area (Å²) in [5.74, 6) is 0.713. The van der Waals surface area contributed by atoms with Gasteiger partial charge in [-0.05, 0) is 38.1 Å². The van der Waals surface area contributed by atoms with Crippen LogP contribution in [0, 0.1) is 0 Å². The molecule has 1 amide bonds. The molecule has 0 atom stereocenters. The van der Waals surface area contributed by atoms with E-state index in [1.807, 2.05) is 31.1 Å². The molecule has 0 radical (unpaired) electrons. The molecule has 6 nitrogen and oxygen atoms in total. The number of carbonyl (C=O) groups is 1. The fourth-order valence-electron chi connectivity index (χ4n) is 2.34. The summed E-state index contributed by atoms with van der Waals surface area (Å²) in [6.45, 7) is 2.46. The number of nitrogens with zero attached hydrogens (tertiary/aromatic N) is 2. The summed E-state index contributed by atoms with van der Waals surface area (Å²) in [5.41, 5.74) is 0.731. The highest BCUT2D eigenvalue weighted by Gasteiger charge is 2.14. The molecule has 1 saturated heterocycles. The molecule has 2 rings (SSSR count). The summed E-state index contributed by atoms with van der Waals surface area (Å²) in [6.07, 6.45) is 4.41. The topological polar surface area (TPSA) is 66.5 Å². The average molecular weight is 292 g/mol. The Morgan fingerprint density at radius 3 is 2.95 bits per heavy atom. The third-order valence-corrected chi connectivity index (χ3v) is 3.45. The second-order valence-electron chi connectivity index (χ2n) is 5.39. The average Bonchev–Trinajstić information content (AvgIpc) is 2.48. The number of hydrogen-bond donors (Lipinski definition) is 2. The lowest BCUT2D eigenvalue weighted by molar-refractivity contribution is -0.117. The molecule has 0 unspecified atom stereocenters. The van der Waals surface area contributed by atoms with Gasteiger partial charge in [0.2, 0.25) is 5.91 Å². The summed E-state index contributed by atoms with van der Waals surface area (Å²) in [6, 6.07) is 3.67. The standard InChI is InChI=1S/C15H24N4O2/c1-19(2)15-13(4-3-8-17-15)18-14(20)7-11-21-12-5-9-16-10-6-12/h3-4,8,12,16H,5-7,9-11H2,1-2H3,(H,18,20). The van der Waals surface area contributed by atoms with E-state index in [1.54, 1.807) is 6.20 Å². The monoisotopic (exact) mass is 292 g/mol. The smallest absolute Gasteiger partial charge is 0.226 e. The van der Waals surface area contributed by atoms with Crippen LogP contribution in [0.2, 0.25) is 0 Å². The number of carbonyl (C=O) groups excluding carboxylic acids is 1. The van der Waals surface area contributed by atoms with Crippen LogP contribution in [0.1, 0.15) is 19.3 Å². The number of ether oxygens (including phenoxy) is 1. The van der Waals surface area contributed by atoms with Crippen molar-refractivity contribution in [2.45, 2.75) is 25.4 Å². The minimum Gasteiger partial charge on any atom is -0.378 e. The van der Waals surface area contributed by atoms with Gasteiger partial charge in [-0.2, -0.15) is 0 Å². The molecular weight excluding hydrogens is 268 g/mol. The van der Waals surface area contributed by atoms with Gasteiger partial charge in [0, 0.05) is 20.3 Å². The molecule has 0 saturated carbocycles. The zero-order chi connectivity index (χ0) is 15.1. The Bertz CT molecular complexity index is 459. The molecule has 21 heavy (non-hydrogen) atoms. The van der Waals surface area contributed by atoms with E-state index in [1.165, 1.54) is 0 Å². The van der Waals surface area contributed by atoms with Gasteiger partial charge in [-0.25, -0.2) is 4.98 Å². The zero-order valence-corrected chi connectivity index (χ0v) is 12.8. The first-order valence-corrected chi connectivity index (χ1v) is 7.41. The van der Waals surface area contributed by atoms with Gasteiger partial charge in [0.15, 0.2) is 5.82 Å². The van der Waals surface area contributed by atoms with Crippen LogP contribution in [0.3, 0.4) is 0 Å². The second kappa shape index (κ2) is 7.95. The number of anilines is 2. The number of pyridine rings is 1. The van der Waals surface area contributed by atoms with Crippen LogP contribution < -0.4 is 15.5 Å². The molecule has 0 aliphatic carbocycles. The number of piperidine rings is 1. The Labute approximate surface area is 125 Å². The summed E-state index contributed by atoms with van der Waals surface area (Å²) < 4.78 is 5.74. The van der Waals surface area contributed by atoms with Crippen molar-refractivity contribution in [2.24, 2.45) is 0 Å². The van der Waals surface area contributed by atoms with Crippen molar-refractivity contribution in [2.75, 3.05) is 44.0 Å². The largest absolute Gasteiger partial charge is 0.378 e. The van der Waals surface area contributed by atoms with Gasteiger partial charge < -0.3 is 20.3 Å². The quantitative estimate of drug-likeness (QED) is 0.826. The lowest BCUT2D eigenvalue weighted by Crippen LogP contribution is -2.33. The van der Waals surface area contributed by atoms with Crippen molar-refractivity contribution < 1.29 is 9.53 Å². The maximum atomic E-state index is 12.0. The van der Waals surface area contributed by atoms with Crippen molar-refractivity contribution >= 4 is 17.4 Å². The van der Waals surface area contributed by atoms with Crippen LogP contribution in [0.25, 0.3) is 0 Å². The van der Waals surface area contributed by atoms with Crippen LogP contribution >= 0.6 is 0 Å². The number of rotatable bonds is 6. The van der Waals surface area contributed by atoms with Crippen molar-refractivity contribution in [3.8, 4) is 0 Å². The SMILES string of the molecule is CN(C)c1ncccc1NC(=O)CCOC1CCNCC1. The molecule has 1 aliphatic heterocycles. The van der Waals surface area contributed by atoms with Gasteiger partial charge in [0.1, 0.15) is 0 Å². The van der Waals surface area contributed by atoms with E-state index in [9.17, 15) is 4.79 Å². The lowest BCUT2D eigenvalue weighted by atomic mass is 10.1. The fraction of sp³-hybridized carbons (Fsp3) is 0.600. The van der Waals surface area contributed by atoms with Gasteiger partial charge in [0.05, 0.1) is 24.8 Å². The maximum absolute atomic E-state index is 12.0. The first kappa shape index (κ1) is 15.7. The summed E-state index contributed by atoms with van der Waals surface area (Å²) in [7, 11) is 3.80. The number of aromatic nitrogens is 1. The van der Waals surface area contributed by atoms with Crippen molar-refractivity contribution in [1.82, 2.24) is 10.3 Å². The Morgan fingerprint density at radius 1 is 1.48 bits per heavy atom. The third-order valence-electron chi connectivity index (χ3n) is 3.45. The van der Waals surface area contributed by atoms with E-state index in [2.05, 4.69) is 15.6 Å². The minimum absolute atomic E-state index is 0.0416. The molecule has 2 N–H and O–H groups in total. The predicted molar refractivity (Wildman–Crippen MR) is 83.7 cm³/mol. The van der Waals surface area contributed by atoms with Crippen molar-refractivity contribution in [3.05, 3.63) is 18.3 Å². The summed E-state index contributed by atoms with van der Waals surface area (Å²) in [4.78, 5) is 18.1. The van der Waals surface area contributed by atoms with Gasteiger partial charge in [-0.3, -0.25) is 4.79 Å². The van der Waals surface area contributed by atoms with Gasteiger partial charge in [0.25, 0.3) is 0 Å². The highest BCUT2D eigenvalue weighted by Crippen LogP contribution is 2.20. The van der Waals surface area contributed by atoms with Crippen molar-refractivity contribution in [3.63, 3.8) is 0 Å². The number of nitrogens with one attached hydrogen (secondary N) is 2. The first-order chi connectivity index (χ1) is 10.2. The molecule has 1 fully saturated rings. The number of hydrogen-bond acceptors (Lipinski definition) is 5. The fourth-order valence-corrected chi connectivity index (χ4v) is 2.34. The van der Waals surface area contributed by atoms with Gasteiger partial charge in [-0.15, -0.1) is 0 Å². The van der Waals surface area contributed by atoms with Crippen molar-refractivity contribution in [1.29, 1.82) is 0 Å². The van der Waals surface area contributed by atoms with Crippen LogP contribution in [0.15, 0.2) is 18.3 Å². The summed E-state index contributed by atoms with van der Waals surface area (Å²) >= 11 is 0. The van der Waals surface area contributed by atoms with E-state index in [0.29, 0.717) is 13.0 Å². The van der Waals surface area contributed by atoms with Gasteiger partial charge in [-0.1, -0.05) is 0 Å². The molecular formula is C15H24N4O2. The van der Waals surface area contributed by atoms with E-state index >= 15 is 0 Å². The molecule has 1 aromatic rings. The van der Waals surface area contributed by atoms with Gasteiger partial charge >= 0.3 is 0 Å². The van der Waals surface area contributed by atoms with Crippen LogP contribution in [-0.2, 0) is 9.53 Å².